The van der Waals surface area contributed by atoms with E-state index in [1.54, 1.807) is 22.6 Å². The van der Waals surface area contributed by atoms with E-state index in [4.69, 9.17) is 0 Å². The predicted molar refractivity (Wildman–Crippen MR) is 36.9 cm³/mol. The Morgan fingerprint density at radius 1 is 1.44 bits per heavy atom. The Kier molecular flexibility index (Phi) is 1.94. The fourth-order valence-electron chi connectivity index (χ4n) is 0.398. The fourth-order valence-corrected chi connectivity index (χ4v) is 0.835. The molecule has 0 aliphatic carbocycles. The highest BCUT2D eigenvalue weighted by Crippen LogP contribution is 2.08. The molecule has 0 aliphatic rings. The van der Waals surface area contributed by atoms with Crippen molar-refractivity contribution in [1.82, 2.24) is 4.98 Å². The van der Waals surface area contributed by atoms with Gasteiger partial charge in [0.2, 0.25) is 5.95 Å². The van der Waals surface area contributed by atoms with Crippen LogP contribution in [0, 0.1) is 15.3 Å². The Labute approximate surface area is 64.2 Å². The van der Waals surface area contributed by atoms with Crippen LogP contribution in [0.15, 0.2) is 12.3 Å². The Morgan fingerprint density at radius 3 is 2.56 bits per heavy atom. The summed E-state index contributed by atoms with van der Waals surface area (Å²) in [6.07, 6.45) is 0.845. The number of rotatable bonds is 0. The van der Waals surface area contributed by atoms with Crippen molar-refractivity contribution in [2.45, 2.75) is 0 Å². The monoisotopic (exact) mass is 241 g/mol. The van der Waals surface area contributed by atoms with Gasteiger partial charge in [-0.3, -0.25) is 0 Å². The van der Waals surface area contributed by atoms with Gasteiger partial charge >= 0.3 is 0 Å². The second-order valence-corrected chi connectivity index (χ2v) is 2.59. The minimum atomic E-state index is -0.628. The van der Waals surface area contributed by atoms with E-state index in [0.717, 1.165) is 12.3 Å². The molecule has 9 heavy (non-hydrogen) atoms. The van der Waals surface area contributed by atoms with Gasteiger partial charge in [0, 0.05) is 0 Å². The molecule has 0 saturated carbocycles. The van der Waals surface area contributed by atoms with Crippen LogP contribution < -0.4 is 0 Å². The second-order valence-electron chi connectivity index (χ2n) is 1.43. The fraction of sp³-hybridized carbons (Fsp3) is 0. The molecule has 1 rings (SSSR count). The molecule has 0 bridgehead atoms. The minimum Gasteiger partial charge on any atom is -0.224 e. The maximum Gasteiger partial charge on any atom is 0.226 e. The van der Waals surface area contributed by atoms with E-state index in [1.807, 2.05) is 0 Å². The van der Waals surface area contributed by atoms with Crippen LogP contribution in [0.4, 0.5) is 8.78 Å². The summed E-state index contributed by atoms with van der Waals surface area (Å²) < 4.78 is 24.5. The van der Waals surface area contributed by atoms with Crippen molar-refractivity contribution in [1.29, 1.82) is 0 Å². The van der Waals surface area contributed by atoms with Gasteiger partial charge in [0.05, 0.1) is 9.77 Å². The highest BCUT2D eigenvalue weighted by atomic mass is 127. The molecule has 0 fully saturated rings. The van der Waals surface area contributed by atoms with Gasteiger partial charge in [-0.05, 0) is 28.7 Å². The molecule has 0 aliphatic heterocycles. The third-order valence-electron chi connectivity index (χ3n) is 0.763. The lowest BCUT2D eigenvalue weighted by atomic mass is 10.5. The van der Waals surface area contributed by atoms with E-state index in [-0.39, 0.29) is 3.57 Å². The van der Waals surface area contributed by atoms with Crippen LogP contribution in [0.2, 0.25) is 0 Å². The molecular weight excluding hydrogens is 239 g/mol. The van der Waals surface area contributed by atoms with Crippen molar-refractivity contribution in [2.24, 2.45) is 0 Å². The third-order valence-corrected chi connectivity index (χ3v) is 1.52. The molecule has 0 saturated heterocycles. The zero-order valence-corrected chi connectivity index (χ0v) is 6.39. The smallest absolute Gasteiger partial charge is 0.224 e. The molecule has 0 aromatic carbocycles. The number of pyridine rings is 1. The summed E-state index contributed by atoms with van der Waals surface area (Å²) in [6, 6.07) is 1.09. The molecule has 1 aromatic rings. The van der Waals surface area contributed by atoms with Gasteiger partial charge in [0.15, 0.2) is 0 Å². The SMILES string of the molecule is Fc1cnc(F)c(I)c1. The lowest BCUT2D eigenvalue weighted by Crippen LogP contribution is -1.87. The maximum absolute atomic E-state index is 12.2. The Balaban J connectivity index is 3.17. The first kappa shape index (κ1) is 6.85. The second kappa shape index (κ2) is 2.55. The standard InChI is InChI=1S/C5H2F2IN/c6-3-1-4(8)5(7)9-2-3/h1-2H. The van der Waals surface area contributed by atoms with E-state index in [0.29, 0.717) is 0 Å². The van der Waals surface area contributed by atoms with Crippen molar-refractivity contribution >= 4 is 22.6 Å². The molecule has 0 N–H and O–H groups in total. The Morgan fingerprint density at radius 2 is 2.11 bits per heavy atom. The summed E-state index contributed by atoms with van der Waals surface area (Å²) in [5.74, 6) is -1.14. The van der Waals surface area contributed by atoms with Crippen molar-refractivity contribution in [2.75, 3.05) is 0 Å². The maximum atomic E-state index is 12.2. The van der Waals surface area contributed by atoms with E-state index in [9.17, 15) is 8.78 Å². The number of nitrogens with zero attached hydrogens (tertiary/aromatic N) is 1. The molecule has 4 heteroatoms. The average Bonchev–Trinajstić information content (AvgIpc) is 1.80. The van der Waals surface area contributed by atoms with Crippen LogP contribution in [-0.4, -0.2) is 4.98 Å². The summed E-state index contributed by atoms with van der Waals surface area (Å²) >= 11 is 1.67. The summed E-state index contributed by atoms with van der Waals surface area (Å²) in [5, 5.41) is 0. The summed E-state index contributed by atoms with van der Waals surface area (Å²) in [5.41, 5.74) is 0. The first-order chi connectivity index (χ1) is 4.20. The highest BCUT2D eigenvalue weighted by molar-refractivity contribution is 14.1. The van der Waals surface area contributed by atoms with Crippen molar-refractivity contribution in [3.8, 4) is 0 Å². The summed E-state index contributed by atoms with van der Waals surface area (Å²) in [7, 11) is 0. The number of halogens is 3. The number of hydrogen-bond acceptors (Lipinski definition) is 1. The van der Waals surface area contributed by atoms with E-state index in [1.165, 1.54) is 0 Å². The molecule has 1 nitrogen and oxygen atoms in total. The average molecular weight is 241 g/mol. The van der Waals surface area contributed by atoms with E-state index >= 15 is 0 Å². The minimum absolute atomic E-state index is 0.201. The van der Waals surface area contributed by atoms with Crippen LogP contribution in [0.3, 0.4) is 0 Å². The van der Waals surface area contributed by atoms with Gasteiger partial charge < -0.3 is 0 Å². The highest BCUT2D eigenvalue weighted by Gasteiger charge is 1.99. The topological polar surface area (TPSA) is 12.9 Å². The molecule has 0 radical (unpaired) electrons. The first-order valence-corrected chi connectivity index (χ1v) is 3.24. The third kappa shape index (κ3) is 1.57. The van der Waals surface area contributed by atoms with Crippen LogP contribution >= 0.6 is 22.6 Å². The van der Waals surface area contributed by atoms with Gasteiger partial charge in [0.25, 0.3) is 0 Å². The van der Waals surface area contributed by atoms with Crippen molar-refractivity contribution in [3.63, 3.8) is 0 Å². The number of aromatic nitrogens is 1. The van der Waals surface area contributed by atoms with Crippen molar-refractivity contribution in [3.05, 3.63) is 27.6 Å². The Bertz CT molecular complexity index is 226. The van der Waals surface area contributed by atoms with E-state index < -0.39 is 11.8 Å². The molecule has 0 amide bonds. The molecule has 48 valence electrons. The summed E-state index contributed by atoms with van der Waals surface area (Å²) in [6.45, 7) is 0. The van der Waals surface area contributed by atoms with Crippen LogP contribution in [0.25, 0.3) is 0 Å². The molecule has 0 spiro atoms. The molecule has 1 aromatic heterocycles. The van der Waals surface area contributed by atoms with E-state index in [2.05, 4.69) is 4.98 Å². The lowest BCUT2D eigenvalue weighted by Gasteiger charge is -1.89. The Hall–Kier alpha value is -0.260. The molecule has 0 unspecified atom stereocenters. The van der Waals surface area contributed by atoms with Gasteiger partial charge in [-0.25, -0.2) is 9.37 Å². The summed E-state index contributed by atoms with van der Waals surface area (Å²) in [4.78, 5) is 3.13. The largest absolute Gasteiger partial charge is 0.226 e. The zero-order chi connectivity index (χ0) is 6.85. The van der Waals surface area contributed by atoms with Crippen LogP contribution in [0.5, 0.6) is 0 Å². The molecule has 1 heterocycles. The van der Waals surface area contributed by atoms with Crippen LogP contribution in [0.1, 0.15) is 0 Å². The quantitative estimate of drug-likeness (QED) is 0.499. The molecular formula is C5H2F2IN. The zero-order valence-electron chi connectivity index (χ0n) is 4.24. The first-order valence-electron chi connectivity index (χ1n) is 2.16. The van der Waals surface area contributed by atoms with Gasteiger partial charge in [0.1, 0.15) is 5.82 Å². The number of hydrogen-bond donors (Lipinski definition) is 0. The molecule has 0 atom stereocenters. The van der Waals surface area contributed by atoms with Crippen LogP contribution in [-0.2, 0) is 0 Å². The van der Waals surface area contributed by atoms with Gasteiger partial charge in [-0.1, -0.05) is 0 Å². The van der Waals surface area contributed by atoms with Gasteiger partial charge in [-0.2, -0.15) is 4.39 Å². The van der Waals surface area contributed by atoms with Crippen molar-refractivity contribution < 1.29 is 8.78 Å². The van der Waals surface area contributed by atoms with Gasteiger partial charge in [-0.15, -0.1) is 0 Å². The lowest BCUT2D eigenvalue weighted by molar-refractivity contribution is 0.552. The predicted octanol–water partition coefficient (Wildman–Crippen LogP) is 1.96. The normalized spacial score (nSPS) is 9.67.